The van der Waals surface area contributed by atoms with Crippen LogP contribution in [-0.2, 0) is 0 Å². The monoisotopic (exact) mass is 741 g/mol. The van der Waals surface area contributed by atoms with E-state index in [9.17, 15) is 0 Å². The molecule has 0 bridgehead atoms. The third kappa shape index (κ3) is 4.39. The van der Waals surface area contributed by atoms with Crippen molar-refractivity contribution in [2.24, 2.45) is 0 Å². The molecule has 4 heteroatoms. The van der Waals surface area contributed by atoms with Crippen molar-refractivity contribution in [3.8, 4) is 22.6 Å². The predicted molar refractivity (Wildman–Crippen MR) is 244 cm³/mol. The summed E-state index contributed by atoms with van der Waals surface area (Å²) >= 11 is 1.81. The normalized spacial score (nSPS) is 12.2. The van der Waals surface area contributed by atoms with E-state index in [0.717, 1.165) is 22.6 Å². The molecule has 0 saturated heterocycles. The van der Waals surface area contributed by atoms with Gasteiger partial charge < -0.3 is 9.13 Å². The molecule has 0 N–H and O–H groups in total. The maximum Gasteiger partial charge on any atom is 0.0709 e. The summed E-state index contributed by atoms with van der Waals surface area (Å²) in [5.74, 6) is 0. The average Bonchev–Trinajstić information content (AvgIpc) is 3.93. The first-order valence-electron chi connectivity index (χ1n) is 19.4. The highest BCUT2D eigenvalue weighted by Crippen LogP contribution is 2.42. The smallest absolute Gasteiger partial charge is 0.0709 e. The van der Waals surface area contributed by atoms with Crippen molar-refractivity contribution in [3.63, 3.8) is 0 Å². The van der Waals surface area contributed by atoms with E-state index in [1.54, 1.807) is 0 Å². The van der Waals surface area contributed by atoms with Crippen molar-refractivity contribution in [3.05, 3.63) is 188 Å². The maximum absolute atomic E-state index is 5.05. The number of para-hydroxylation sites is 3. The zero-order valence-electron chi connectivity index (χ0n) is 30.6. The highest BCUT2D eigenvalue weighted by molar-refractivity contribution is 7.25. The summed E-state index contributed by atoms with van der Waals surface area (Å²) < 4.78 is 7.30. The lowest BCUT2D eigenvalue weighted by Gasteiger charge is -2.12. The van der Waals surface area contributed by atoms with Crippen molar-refractivity contribution in [2.75, 3.05) is 0 Å². The van der Waals surface area contributed by atoms with Crippen molar-refractivity contribution in [1.29, 1.82) is 0 Å². The molecule has 0 amide bonds. The number of benzene rings is 9. The molecule has 0 fully saturated rings. The van der Waals surface area contributed by atoms with Gasteiger partial charge in [0.1, 0.15) is 0 Å². The Morgan fingerprint density at radius 2 is 0.772 bits per heavy atom. The van der Waals surface area contributed by atoms with Crippen molar-refractivity contribution in [2.45, 2.75) is 0 Å². The first-order chi connectivity index (χ1) is 28.3. The van der Waals surface area contributed by atoms with Crippen molar-refractivity contribution >= 4 is 107 Å². The summed E-state index contributed by atoms with van der Waals surface area (Å²) in [7, 11) is 0. The van der Waals surface area contributed by atoms with E-state index in [-0.39, 0.29) is 0 Å². The van der Waals surface area contributed by atoms with E-state index < -0.39 is 0 Å². The molecule has 13 aromatic rings. The van der Waals surface area contributed by atoms with Gasteiger partial charge in [-0.25, -0.2) is 0 Å². The van der Waals surface area contributed by atoms with Crippen LogP contribution in [0, 0.1) is 0 Å². The summed E-state index contributed by atoms with van der Waals surface area (Å²) in [6, 6.07) is 66.8. The summed E-state index contributed by atoms with van der Waals surface area (Å²) in [5, 5.41) is 15.2. The Labute approximate surface area is 330 Å². The second kappa shape index (κ2) is 11.6. The van der Waals surface area contributed by atoms with Crippen LogP contribution < -0.4 is 0 Å². The number of hydrogen-bond donors (Lipinski definition) is 0. The predicted octanol–water partition coefficient (Wildman–Crippen LogP) is 14.8. The van der Waals surface area contributed by atoms with E-state index in [2.05, 4.69) is 197 Å². The van der Waals surface area contributed by atoms with Gasteiger partial charge >= 0.3 is 0 Å². The molecule has 0 aliphatic carbocycles. The summed E-state index contributed by atoms with van der Waals surface area (Å²) in [4.78, 5) is 5.05. The van der Waals surface area contributed by atoms with Gasteiger partial charge in [0.05, 0.1) is 32.5 Å². The van der Waals surface area contributed by atoms with Crippen LogP contribution in [0.2, 0.25) is 0 Å². The van der Waals surface area contributed by atoms with Crippen LogP contribution >= 0.6 is 11.3 Å². The van der Waals surface area contributed by atoms with Crippen LogP contribution in [0.5, 0.6) is 0 Å². The van der Waals surface area contributed by atoms with Gasteiger partial charge in [-0.3, -0.25) is 4.98 Å². The van der Waals surface area contributed by atoms with Crippen LogP contribution in [0.4, 0.5) is 0 Å². The van der Waals surface area contributed by atoms with E-state index >= 15 is 0 Å². The first kappa shape index (κ1) is 31.0. The lowest BCUT2D eigenvalue weighted by molar-refractivity contribution is 1.17. The minimum atomic E-state index is 0.987. The fourth-order valence-electron chi connectivity index (χ4n) is 9.61. The molecule has 4 aromatic heterocycles. The van der Waals surface area contributed by atoms with E-state index in [4.69, 9.17) is 4.98 Å². The van der Waals surface area contributed by atoms with Crippen LogP contribution in [0.25, 0.3) is 119 Å². The van der Waals surface area contributed by atoms with Gasteiger partial charge in [0, 0.05) is 60.2 Å². The van der Waals surface area contributed by atoms with Gasteiger partial charge in [-0.15, -0.1) is 11.3 Å². The van der Waals surface area contributed by atoms with Gasteiger partial charge in [-0.2, -0.15) is 0 Å². The number of aromatic nitrogens is 3. The number of fused-ring (bicyclic) bond motifs is 15. The maximum atomic E-state index is 5.05. The molecule has 0 spiro atoms. The topological polar surface area (TPSA) is 22.8 Å². The summed E-state index contributed by atoms with van der Waals surface area (Å²) in [6.07, 6.45) is 2.06. The van der Waals surface area contributed by atoms with E-state index in [0.29, 0.717) is 0 Å². The fourth-order valence-corrected chi connectivity index (χ4v) is 10.6. The van der Waals surface area contributed by atoms with Crippen LogP contribution in [0.15, 0.2) is 188 Å². The molecule has 3 nitrogen and oxygen atoms in total. The van der Waals surface area contributed by atoms with Gasteiger partial charge in [0.25, 0.3) is 0 Å². The summed E-state index contributed by atoms with van der Waals surface area (Å²) in [5.41, 5.74) is 9.26. The van der Waals surface area contributed by atoms with E-state index in [1.165, 1.54) is 96.1 Å². The Bertz CT molecular complexity index is 3740. The third-order valence-electron chi connectivity index (χ3n) is 12.1. The molecule has 264 valence electrons. The van der Waals surface area contributed by atoms with Crippen LogP contribution in [-0.4, -0.2) is 14.1 Å². The molecule has 0 radical (unpaired) electrons. The SMILES string of the molecule is c1ccc2c(c1)c1ccccc1c1cc(-c3cc4c(cn3)sc3ccc(-n5c6ccccc6c6cc(-n7c8ccccc8c8ccccc87)ccc65)cc34)ccc21. The number of nitrogens with zero attached hydrogens (tertiary/aromatic N) is 3. The standard InChI is InChI=1S/C53H31N3S/c1-2-13-37-35(11-1)36-12-3-4-14-38(36)43-27-32(21-24-39(37)43)47-30-46-45-29-34(23-26-52(45)57-53(46)31-54-47)56-50-20-10-7-17-42(50)44-28-33(22-25-51(44)56)55-48-18-8-5-15-40(48)41-16-6-9-19-49(41)55/h1-31H. The number of rotatable bonds is 3. The molecule has 13 rings (SSSR count). The van der Waals surface area contributed by atoms with Crippen molar-refractivity contribution in [1.82, 2.24) is 14.1 Å². The van der Waals surface area contributed by atoms with Gasteiger partial charge in [0.15, 0.2) is 0 Å². The Morgan fingerprint density at radius 3 is 1.39 bits per heavy atom. The highest BCUT2D eigenvalue weighted by atomic mass is 32.1. The quantitative estimate of drug-likeness (QED) is 0.165. The average molecular weight is 742 g/mol. The molecular formula is C53H31N3S. The zero-order chi connectivity index (χ0) is 37.2. The second-order valence-electron chi connectivity index (χ2n) is 15.1. The number of thiophene rings is 1. The molecule has 4 heterocycles. The Kier molecular flexibility index (Phi) is 6.32. The molecule has 0 aliphatic rings. The molecule has 0 saturated carbocycles. The lowest BCUT2D eigenvalue weighted by Crippen LogP contribution is -1.95. The largest absolute Gasteiger partial charge is 0.309 e. The molecule has 0 aliphatic heterocycles. The summed E-state index contributed by atoms with van der Waals surface area (Å²) in [6.45, 7) is 0. The molecule has 9 aromatic carbocycles. The first-order valence-corrected chi connectivity index (χ1v) is 20.3. The van der Waals surface area contributed by atoms with Crippen LogP contribution in [0.3, 0.4) is 0 Å². The van der Waals surface area contributed by atoms with Crippen molar-refractivity contribution < 1.29 is 0 Å². The van der Waals surface area contributed by atoms with Gasteiger partial charge in [0.2, 0.25) is 0 Å². The molecular weight excluding hydrogens is 711 g/mol. The number of pyridine rings is 1. The van der Waals surface area contributed by atoms with Gasteiger partial charge in [-0.05, 0) is 99.0 Å². The third-order valence-corrected chi connectivity index (χ3v) is 13.3. The lowest BCUT2D eigenvalue weighted by atomic mass is 9.93. The van der Waals surface area contributed by atoms with E-state index in [1.807, 2.05) is 11.3 Å². The Balaban J connectivity index is 0.985. The second-order valence-corrected chi connectivity index (χ2v) is 16.2. The Morgan fingerprint density at radius 1 is 0.316 bits per heavy atom. The number of hydrogen-bond acceptors (Lipinski definition) is 2. The fraction of sp³-hybridized carbons (Fsp3) is 0. The van der Waals surface area contributed by atoms with Gasteiger partial charge in [-0.1, -0.05) is 115 Å². The molecule has 0 atom stereocenters. The minimum Gasteiger partial charge on any atom is -0.309 e. The molecule has 57 heavy (non-hydrogen) atoms. The van der Waals surface area contributed by atoms with Crippen LogP contribution in [0.1, 0.15) is 0 Å². The minimum absolute atomic E-state index is 0.987. The highest BCUT2D eigenvalue weighted by Gasteiger charge is 2.18. The molecule has 0 unspecified atom stereocenters. The Hall–Kier alpha value is -7.27. The zero-order valence-corrected chi connectivity index (χ0v) is 31.5.